The maximum atomic E-state index is 12.8. The summed E-state index contributed by atoms with van der Waals surface area (Å²) in [6.07, 6.45) is 4.97. The number of hydrogen-bond acceptors (Lipinski definition) is 5. The minimum atomic E-state index is -0.289. The predicted octanol–water partition coefficient (Wildman–Crippen LogP) is 0.532. The van der Waals surface area contributed by atoms with Gasteiger partial charge in [-0.2, -0.15) is 0 Å². The minimum absolute atomic E-state index is 0.126. The van der Waals surface area contributed by atoms with Crippen molar-refractivity contribution >= 4 is 11.8 Å². The van der Waals surface area contributed by atoms with Gasteiger partial charge in [0, 0.05) is 32.8 Å². The molecule has 2 atom stereocenters. The molecule has 2 rings (SSSR count). The topological polar surface area (TPSA) is 79.1 Å². The van der Waals surface area contributed by atoms with E-state index in [1.807, 2.05) is 11.8 Å². The first-order valence-electron chi connectivity index (χ1n) is 9.97. The fourth-order valence-electron chi connectivity index (χ4n) is 3.89. The lowest BCUT2D eigenvalue weighted by Crippen LogP contribution is -2.53. The van der Waals surface area contributed by atoms with Crippen LogP contribution in [0.4, 0.5) is 0 Å². The van der Waals surface area contributed by atoms with Gasteiger partial charge in [-0.3, -0.25) is 14.5 Å². The first-order valence-corrected chi connectivity index (χ1v) is 9.97. The molecule has 0 aromatic carbocycles. The van der Waals surface area contributed by atoms with Crippen molar-refractivity contribution in [3.05, 3.63) is 0 Å². The number of carbonyl (C=O) groups excluding carboxylic acids is 2. The SMILES string of the molecule is C[C@H](C(=O)N1CCC[C@H](C(N)=O)C1)N1CCC(OCCCN(C)C)CC1. The molecule has 0 aromatic rings. The zero-order chi connectivity index (χ0) is 19.1. The van der Waals surface area contributed by atoms with Crippen LogP contribution in [-0.4, -0.2) is 92.1 Å². The third-order valence-corrected chi connectivity index (χ3v) is 5.62. The Hall–Kier alpha value is -1.18. The smallest absolute Gasteiger partial charge is 0.239 e. The summed E-state index contributed by atoms with van der Waals surface area (Å²) in [5, 5.41) is 0. The number of primary amides is 1. The Balaban J connectivity index is 1.72. The summed E-state index contributed by atoms with van der Waals surface area (Å²) in [6, 6.07) is -0.142. The first-order chi connectivity index (χ1) is 12.4. The maximum absolute atomic E-state index is 12.8. The van der Waals surface area contributed by atoms with Crippen LogP contribution in [0.2, 0.25) is 0 Å². The van der Waals surface area contributed by atoms with Gasteiger partial charge in [-0.1, -0.05) is 0 Å². The van der Waals surface area contributed by atoms with Crippen LogP contribution in [0.3, 0.4) is 0 Å². The van der Waals surface area contributed by atoms with Gasteiger partial charge in [0.25, 0.3) is 0 Å². The molecule has 2 aliphatic heterocycles. The third kappa shape index (κ3) is 6.21. The summed E-state index contributed by atoms with van der Waals surface area (Å²) in [6.45, 7) is 6.82. The van der Waals surface area contributed by atoms with Crippen molar-refractivity contribution < 1.29 is 14.3 Å². The molecule has 0 unspecified atom stereocenters. The quantitative estimate of drug-likeness (QED) is 0.633. The maximum Gasteiger partial charge on any atom is 0.239 e. The van der Waals surface area contributed by atoms with Gasteiger partial charge in [0.1, 0.15) is 0 Å². The summed E-state index contributed by atoms with van der Waals surface area (Å²) < 4.78 is 5.98. The number of amides is 2. The average Bonchev–Trinajstić information content (AvgIpc) is 2.64. The van der Waals surface area contributed by atoms with E-state index in [-0.39, 0.29) is 23.8 Å². The Morgan fingerprint density at radius 3 is 2.50 bits per heavy atom. The normalized spacial score (nSPS) is 24.0. The zero-order valence-electron chi connectivity index (χ0n) is 16.7. The number of nitrogens with zero attached hydrogens (tertiary/aromatic N) is 3. The second-order valence-corrected chi connectivity index (χ2v) is 7.96. The highest BCUT2D eigenvalue weighted by Crippen LogP contribution is 2.21. The van der Waals surface area contributed by atoms with Crippen LogP contribution in [0.15, 0.2) is 0 Å². The molecule has 0 radical (unpaired) electrons. The van der Waals surface area contributed by atoms with Crippen molar-refractivity contribution in [3.8, 4) is 0 Å². The molecular formula is C19H36N4O3. The lowest BCUT2D eigenvalue weighted by Gasteiger charge is -2.39. The second kappa shape index (κ2) is 10.2. The number of piperidine rings is 2. The Morgan fingerprint density at radius 2 is 1.88 bits per heavy atom. The number of ether oxygens (including phenoxy) is 1. The molecule has 2 heterocycles. The van der Waals surface area contributed by atoms with Gasteiger partial charge in [-0.05, 0) is 59.7 Å². The molecule has 0 aromatic heterocycles. The van der Waals surface area contributed by atoms with Crippen LogP contribution >= 0.6 is 0 Å². The van der Waals surface area contributed by atoms with E-state index in [0.29, 0.717) is 12.6 Å². The highest BCUT2D eigenvalue weighted by molar-refractivity contribution is 5.83. The van der Waals surface area contributed by atoms with Crippen molar-refractivity contribution in [2.75, 3.05) is 53.4 Å². The van der Waals surface area contributed by atoms with Crippen molar-refractivity contribution in [2.24, 2.45) is 11.7 Å². The van der Waals surface area contributed by atoms with E-state index in [0.717, 1.165) is 64.9 Å². The van der Waals surface area contributed by atoms with Crippen molar-refractivity contribution in [3.63, 3.8) is 0 Å². The largest absolute Gasteiger partial charge is 0.378 e. The van der Waals surface area contributed by atoms with Crippen LogP contribution in [0.25, 0.3) is 0 Å². The number of rotatable bonds is 8. The Morgan fingerprint density at radius 1 is 1.19 bits per heavy atom. The van der Waals surface area contributed by atoms with Gasteiger partial charge >= 0.3 is 0 Å². The molecule has 150 valence electrons. The molecule has 0 bridgehead atoms. The fraction of sp³-hybridized carbons (Fsp3) is 0.895. The summed E-state index contributed by atoms with van der Waals surface area (Å²) in [7, 11) is 4.15. The first kappa shape index (κ1) is 21.1. The van der Waals surface area contributed by atoms with E-state index in [9.17, 15) is 9.59 Å². The minimum Gasteiger partial charge on any atom is -0.378 e. The van der Waals surface area contributed by atoms with Gasteiger partial charge in [0.05, 0.1) is 18.1 Å². The standard InChI is InChI=1S/C19H36N4O3/c1-15(19(25)23-10-4-6-16(14-23)18(20)24)22-11-7-17(8-12-22)26-13-5-9-21(2)3/h15-17H,4-14H2,1-3H3,(H2,20,24)/t15-,16+/m1/s1. The van der Waals surface area contributed by atoms with Crippen LogP contribution < -0.4 is 5.73 Å². The summed E-state index contributed by atoms with van der Waals surface area (Å²) in [4.78, 5) is 30.5. The van der Waals surface area contributed by atoms with Crippen LogP contribution in [0.5, 0.6) is 0 Å². The third-order valence-electron chi connectivity index (χ3n) is 5.62. The lowest BCUT2D eigenvalue weighted by atomic mass is 9.96. The molecule has 26 heavy (non-hydrogen) atoms. The van der Waals surface area contributed by atoms with E-state index in [1.165, 1.54) is 0 Å². The van der Waals surface area contributed by atoms with E-state index in [1.54, 1.807) is 0 Å². The van der Waals surface area contributed by atoms with E-state index in [2.05, 4.69) is 23.9 Å². The summed E-state index contributed by atoms with van der Waals surface area (Å²) in [5.41, 5.74) is 5.43. The molecule has 7 nitrogen and oxygen atoms in total. The lowest BCUT2D eigenvalue weighted by molar-refractivity contribution is -0.140. The van der Waals surface area contributed by atoms with Crippen LogP contribution in [0.1, 0.15) is 39.0 Å². The number of carbonyl (C=O) groups is 2. The van der Waals surface area contributed by atoms with Crippen molar-refractivity contribution in [1.82, 2.24) is 14.7 Å². The van der Waals surface area contributed by atoms with Gasteiger partial charge in [0.2, 0.25) is 11.8 Å². The van der Waals surface area contributed by atoms with E-state index < -0.39 is 0 Å². The highest BCUT2D eigenvalue weighted by Gasteiger charge is 2.33. The van der Waals surface area contributed by atoms with Crippen molar-refractivity contribution in [1.29, 1.82) is 0 Å². The van der Waals surface area contributed by atoms with Crippen LogP contribution in [-0.2, 0) is 14.3 Å². The molecule has 2 N–H and O–H groups in total. The highest BCUT2D eigenvalue weighted by atomic mass is 16.5. The molecular weight excluding hydrogens is 332 g/mol. The Kier molecular flexibility index (Phi) is 8.31. The molecule has 0 aliphatic carbocycles. The number of nitrogens with two attached hydrogens (primary N) is 1. The predicted molar refractivity (Wildman–Crippen MR) is 102 cm³/mol. The number of hydrogen-bond donors (Lipinski definition) is 1. The van der Waals surface area contributed by atoms with Gasteiger partial charge in [-0.15, -0.1) is 0 Å². The zero-order valence-corrected chi connectivity index (χ0v) is 16.7. The Labute approximate surface area is 157 Å². The van der Waals surface area contributed by atoms with E-state index >= 15 is 0 Å². The van der Waals surface area contributed by atoms with Gasteiger partial charge in [-0.25, -0.2) is 0 Å². The summed E-state index contributed by atoms with van der Waals surface area (Å²) in [5.74, 6) is -0.357. The molecule has 2 saturated heterocycles. The van der Waals surface area contributed by atoms with Crippen LogP contribution in [0, 0.1) is 5.92 Å². The molecule has 0 saturated carbocycles. The molecule has 7 heteroatoms. The monoisotopic (exact) mass is 368 g/mol. The molecule has 2 fully saturated rings. The Bertz CT molecular complexity index is 464. The van der Waals surface area contributed by atoms with Crippen molar-refractivity contribution in [2.45, 2.75) is 51.2 Å². The van der Waals surface area contributed by atoms with Gasteiger partial charge in [0.15, 0.2) is 0 Å². The molecule has 2 aliphatic rings. The second-order valence-electron chi connectivity index (χ2n) is 7.96. The number of likely N-dealkylation sites (tertiary alicyclic amines) is 2. The average molecular weight is 369 g/mol. The van der Waals surface area contributed by atoms with E-state index in [4.69, 9.17) is 10.5 Å². The fourth-order valence-corrected chi connectivity index (χ4v) is 3.89. The molecule has 2 amide bonds. The molecule has 0 spiro atoms. The summed E-state index contributed by atoms with van der Waals surface area (Å²) >= 11 is 0. The van der Waals surface area contributed by atoms with Gasteiger partial charge < -0.3 is 20.3 Å².